The van der Waals surface area contributed by atoms with Gasteiger partial charge in [-0.3, -0.25) is 0 Å². The minimum absolute atomic E-state index is 0.144. The van der Waals surface area contributed by atoms with Crippen molar-refractivity contribution in [2.75, 3.05) is 0 Å². The van der Waals surface area contributed by atoms with E-state index in [1.165, 1.54) is 11.1 Å². The molecule has 17 heavy (non-hydrogen) atoms. The van der Waals surface area contributed by atoms with Crippen LogP contribution in [-0.2, 0) is 10.3 Å². The first-order chi connectivity index (χ1) is 7.95. The summed E-state index contributed by atoms with van der Waals surface area (Å²) >= 11 is 0. The SMILES string of the molecule is Cc1ccc2c(c1)[C@@]1(C(C)C)CC[C@@](C)(O2)O1. The summed E-state index contributed by atoms with van der Waals surface area (Å²) < 4.78 is 12.3. The zero-order valence-electron chi connectivity index (χ0n) is 11.0. The van der Waals surface area contributed by atoms with Crippen molar-refractivity contribution in [3.8, 4) is 5.75 Å². The molecule has 0 unspecified atom stereocenters. The topological polar surface area (TPSA) is 18.5 Å². The van der Waals surface area contributed by atoms with Crippen molar-refractivity contribution in [2.24, 2.45) is 5.92 Å². The average molecular weight is 232 g/mol. The molecule has 2 heteroatoms. The van der Waals surface area contributed by atoms with Gasteiger partial charge in [0.15, 0.2) is 0 Å². The number of benzene rings is 1. The smallest absolute Gasteiger partial charge is 0.208 e. The minimum Gasteiger partial charge on any atom is -0.462 e. The standard InChI is InChI=1S/C15H20O2/c1-10(2)15-8-7-14(4,17-15)16-13-6-5-11(3)9-12(13)15/h5-6,9-10H,7-8H2,1-4H3/t14-,15-/m0/s1. The van der Waals surface area contributed by atoms with Crippen LogP contribution < -0.4 is 4.74 Å². The first-order valence-corrected chi connectivity index (χ1v) is 6.46. The lowest BCUT2D eigenvalue weighted by Crippen LogP contribution is -2.43. The van der Waals surface area contributed by atoms with E-state index in [4.69, 9.17) is 9.47 Å². The van der Waals surface area contributed by atoms with Crippen LogP contribution in [0.3, 0.4) is 0 Å². The highest BCUT2D eigenvalue weighted by Crippen LogP contribution is 2.56. The van der Waals surface area contributed by atoms with E-state index in [9.17, 15) is 0 Å². The number of aryl methyl sites for hydroxylation is 1. The molecule has 2 aliphatic rings. The zero-order chi connectivity index (χ0) is 12.3. The lowest BCUT2D eigenvalue weighted by Gasteiger charge is -2.42. The maximum atomic E-state index is 6.29. The van der Waals surface area contributed by atoms with Crippen molar-refractivity contribution in [3.63, 3.8) is 0 Å². The number of hydrogen-bond donors (Lipinski definition) is 0. The lowest BCUT2D eigenvalue weighted by atomic mass is 9.80. The molecule has 1 saturated heterocycles. The molecular formula is C15H20O2. The van der Waals surface area contributed by atoms with Gasteiger partial charge in [-0.15, -0.1) is 0 Å². The molecule has 2 bridgehead atoms. The summed E-state index contributed by atoms with van der Waals surface area (Å²) in [5.41, 5.74) is 2.36. The van der Waals surface area contributed by atoms with Crippen molar-refractivity contribution >= 4 is 0 Å². The first-order valence-electron chi connectivity index (χ1n) is 6.46. The fourth-order valence-corrected chi connectivity index (χ4v) is 3.18. The van der Waals surface area contributed by atoms with Crippen LogP contribution in [-0.4, -0.2) is 5.79 Å². The molecule has 1 aromatic rings. The monoisotopic (exact) mass is 232 g/mol. The second-order valence-electron chi connectivity index (χ2n) is 5.88. The summed E-state index contributed by atoms with van der Waals surface area (Å²) in [6.07, 6.45) is 2.02. The molecule has 1 aromatic carbocycles. The predicted octanol–water partition coefficient (Wildman–Crippen LogP) is 3.77. The Balaban J connectivity index is 2.21. The summed E-state index contributed by atoms with van der Waals surface area (Å²) in [7, 11) is 0. The molecule has 0 aromatic heterocycles. The molecular weight excluding hydrogens is 212 g/mol. The van der Waals surface area contributed by atoms with Crippen molar-refractivity contribution in [1.29, 1.82) is 0 Å². The van der Waals surface area contributed by atoms with E-state index >= 15 is 0 Å². The van der Waals surface area contributed by atoms with Crippen LogP contribution in [0.15, 0.2) is 18.2 Å². The fourth-order valence-electron chi connectivity index (χ4n) is 3.18. The minimum atomic E-state index is -0.424. The molecule has 0 aliphatic carbocycles. The molecule has 0 amide bonds. The molecule has 3 rings (SSSR count). The van der Waals surface area contributed by atoms with Crippen LogP contribution >= 0.6 is 0 Å². The van der Waals surface area contributed by atoms with Crippen molar-refractivity contribution in [2.45, 2.75) is 51.9 Å². The van der Waals surface area contributed by atoms with Crippen LogP contribution in [0.4, 0.5) is 0 Å². The molecule has 2 nitrogen and oxygen atoms in total. The van der Waals surface area contributed by atoms with E-state index < -0.39 is 5.79 Å². The van der Waals surface area contributed by atoms with Crippen LogP contribution in [0.25, 0.3) is 0 Å². The van der Waals surface area contributed by atoms with Gasteiger partial charge in [0.2, 0.25) is 5.79 Å². The molecule has 2 atom stereocenters. The highest BCUT2D eigenvalue weighted by atomic mass is 16.7. The number of hydrogen-bond acceptors (Lipinski definition) is 2. The molecule has 2 heterocycles. The first kappa shape index (κ1) is 11.1. The Morgan fingerprint density at radius 2 is 2.00 bits per heavy atom. The lowest BCUT2D eigenvalue weighted by molar-refractivity contribution is -0.230. The van der Waals surface area contributed by atoms with E-state index in [2.05, 4.69) is 45.9 Å². The van der Waals surface area contributed by atoms with Crippen LogP contribution in [0, 0.1) is 12.8 Å². The number of fused-ring (bicyclic) bond motifs is 4. The summed E-state index contributed by atoms with van der Waals surface area (Å²) in [5.74, 6) is 1.05. The summed E-state index contributed by atoms with van der Waals surface area (Å²) in [6.45, 7) is 8.66. The second-order valence-corrected chi connectivity index (χ2v) is 5.88. The molecule has 0 N–H and O–H groups in total. The second kappa shape index (κ2) is 3.26. The summed E-state index contributed by atoms with van der Waals surface area (Å²) in [4.78, 5) is 0. The molecule has 0 spiro atoms. The van der Waals surface area contributed by atoms with E-state index in [0.29, 0.717) is 5.92 Å². The van der Waals surface area contributed by atoms with Gasteiger partial charge >= 0.3 is 0 Å². The quantitative estimate of drug-likeness (QED) is 0.734. The van der Waals surface area contributed by atoms with Crippen LogP contribution in [0.1, 0.15) is 44.7 Å². The zero-order valence-corrected chi connectivity index (χ0v) is 11.0. The van der Waals surface area contributed by atoms with Crippen molar-refractivity contribution < 1.29 is 9.47 Å². The van der Waals surface area contributed by atoms with Crippen molar-refractivity contribution in [1.82, 2.24) is 0 Å². The van der Waals surface area contributed by atoms with Gasteiger partial charge in [0.25, 0.3) is 0 Å². The maximum Gasteiger partial charge on any atom is 0.208 e. The largest absolute Gasteiger partial charge is 0.462 e. The predicted molar refractivity (Wildman–Crippen MR) is 67.0 cm³/mol. The molecule has 0 saturated carbocycles. The molecule has 1 fully saturated rings. The van der Waals surface area contributed by atoms with Crippen LogP contribution in [0.2, 0.25) is 0 Å². The Morgan fingerprint density at radius 3 is 2.71 bits per heavy atom. The van der Waals surface area contributed by atoms with Gasteiger partial charge in [0.05, 0.1) is 0 Å². The Hall–Kier alpha value is -1.02. The highest BCUT2D eigenvalue weighted by molar-refractivity contribution is 5.44. The number of rotatable bonds is 1. The highest BCUT2D eigenvalue weighted by Gasteiger charge is 2.55. The molecule has 0 radical (unpaired) electrons. The van der Waals surface area contributed by atoms with Gasteiger partial charge in [-0.05, 0) is 31.4 Å². The van der Waals surface area contributed by atoms with E-state index in [-0.39, 0.29) is 5.60 Å². The van der Waals surface area contributed by atoms with Gasteiger partial charge in [-0.25, -0.2) is 0 Å². The maximum absolute atomic E-state index is 6.29. The Bertz CT molecular complexity index is 466. The van der Waals surface area contributed by atoms with E-state index in [1.54, 1.807) is 0 Å². The van der Waals surface area contributed by atoms with Gasteiger partial charge in [-0.1, -0.05) is 25.5 Å². The Morgan fingerprint density at radius 1 is 1.24 bits per heavy atom. The summed E-state index contributed by atoms with van der Waals surface area (Å²) in [6, 6.07) is 6.43. The number of ether oxygens (including phenoxy) is 2. The van der Waals surface area contributed by atoms with Gasteiger partial charge in [0.1, 0.15) is 11.4 Å². The third-order valence-electron chi connectivity index (χ3n) is 4.20. The van der Waals surface area contributed by atoms with Crippen LogP contribution in [0.5, 0.6) is 5.75 Å². The van der Waals surface area contributed by atoms with Gasteiger partial charge < -0.3 is 9.47 Å². The van der Waals surface area contributed by atoms with E-state index in [1.807, 2.05) is 0 Å². The van der Waals surface area contributed by atoms with Gasteiger partial charge in [-0.2, -0.15) is 0 Å². The third kappa shape index (κ3) is 1.43. The average Bonchev–Trinajstić information content (AvgIpc) is 2.55. The Labute approximate surface area is 103 Å². The van der Waals surface area contributed by atoms with Crippen molar-refractivity contribution in [3.05, 3.63) is 29.3 Å². The Kier molecular flexibility index (Phi) is 2.13. The van der Waals surface area contributed by atoms with E-state index in [0.717, 1.165) is 18.6 Å². The fraction of sp³-hybridized carbons (Fsp3) is 0.600. The van der Waals surface area contributed by atoms with Gasteiger partial charge in [0, 0.05) is 18.9 Å². The third-order valence-corrected chi connectivity index (χ3v) is 4.20. The molecule has 92 valence electrons. The summed E-state index contributed by atoms with van der Waals surface area (Å²) in [5, 5.41) is 0. The normalized spacial score (nSPS) is 34.6. The molecule has 2 aliphatic heterocycles.